The number of rotatable bonds is 5. The van der Waals surface area contributed by atoms with Gasteiger partial charge in [0, 0.05) is 33.5 Å². The number of pyridine rings is 1. The molecule has 5 heteroatoms. The van der Waals surface area contributed by atoms with Gasteiger partial charge in [-0.05, 0) is 69.4 Å². The molecule has 6 aromatic carbocycles. The zero-order chi connectivity index (χ0) is 32.2. The van der Waals surface area contributed by atoms with Gasteiger partial charge in [0.05, 0.1) is 0 Å². The first-order chi connectivity index (χ1) is 23.5. The lowest BCUT2D eigenvalue weighted by molar-refractivity contribution is 0.591. The van der Waals surface area contributed by atoms with Crippen LogP contribution in [-0.2, 0) is 4.57 Å². The average Bonchev–Trinajstić information content (AvgIpc) is 3.68. The molecule has 0 amide bonds. The molecule has 1 atom stereocenters. The number of hydrogen-bond donors (Lipinski definition) is 0. The van der Waals surface area contributed by atoms with Crippen molar-refractivity contribution in [1.82, 2.24) is 14.6 Å². The van der Waals surface area contributed by atoms with Crippen molar-refractivity contribution in [1.29, 1.82) is 0 Å². The van der Waals surface area contributed by atoms with Crippen LogP contribution in [0.2, 0.25) is 0 Å². The Bertz CT molecular complexity index is 2540. The summed E-state index contributed by atoms with van der Waals surface area (Å²) in [7, 11) is -2.64. The van der Waals surface area contributed by atoms with Crippen molar-refractivity contribution >= 4 is 23.4 Å². The molecule has 0 fully saturated rings. The molecule has 48 heavy (non-hydrogen) atoms. The Morgan fingerprint density at radius 1 is 0.458 bits per heavy atom. The van der Waals surface area contributed by atoms with Crippen LogP contribution in [0.25, 0.3) is 72.7 Å². The second-order valence-corrected chi connectivity index (χ2v) is 15.2. The summed E-state index contributed by atoms with van der Waals surface area (Å²) in [5.41, 5.74) is 12.7. The largest absolute Gasteiger partial charge is 0.314 e. The van der Waals surface area contributed by atoms with E-state index < -0.39 is 7.14 Å². The molecule has 3 heterocycles. The van der Waals surface area contributed by atoms with Gasteiger partial charge in [-0.1, -0.05) is 140 Å². The molecule has 0 bridgehead atoms. The Kier molecular flexibility index (Phi) is 6.60. The summed E-state index contributed by atoms with van der Waals surface area (Å²) in [6.45, 7) is 1.89. The van der Waals surface area contributed by atoms with Crippen LogP contribution in [0.3, 0.4) is 0 Å². The third kappa shape index (κ3) is 4.73. The van der Waals surface area contributed by atoms with Gasteiger partial charge in [0.2, 0.25) is 0 Å². The van der Waals surface area contributed by atoms with Gasteiger partial charge in [0.1, 0.15) is 7.14 Å². The van der Waals surface area contributed by atoms with Crippen LogP contribution in [0.5, 0.6) is 0 Å². The van der Waals surface area contributed by atoms with Crippen molar-refractivity contribution < 1.29 is 4.57 Å². The number of hydrogen-bond acceptors (Lipinski definition) is 3. The molecule has 1 aliphatic heterocycles. The molecule has 0 N–H and O–H groups in total. The summed E-state index contributed by atoms with van der Waals surface area (Å²) in [5.74, 6) is 0.681. The van der Waals surface area contributed by atoms with Gasteiger partial charge in [-0.25, -0.2) is 9.50 Å². The van der Waals surface area contributed by atoms with Crippen LogP contribution in [0.1, 0.15) is 0 Å². The molecule has 0 aliphatic carbocycles. The summed E-state index contributed by atoms with van der Waals surface area (Å²) in [5, 5.41) is 6.85. The molecular formula is C43H30N3OP. The lowest BCUT2D eigenvalue weighted by atomic mass is 9.97. The standard InChI is InChI=1S/C43H30N3OP/c1-48(47)40-18-9-8-17-37(40)38-24-23-35(27-41(38)48)34-16-10-15-33(25-34)30-19-21-32(22-20-30)42-44-43-39(31-13-6-3-7-14-31)26-36(28-46(43)45-42)29-11-4-2-5-12-29/h2-28H,1H3. The van der Waals surface area contributed by atoms with Gasteiger partial charge in [-0.2, -0.15) is 0 Å². The first-order valence-corrected chi connectivity index (χ1v) is 18.2. The lowest BCUT2D eigenvalue weighted by Crippen LogP contribution is -2.08. The first kappa shape index (κ1) is 28.4. The molecule has 1 unspecified atom stereocenters. The quantitative estimate of drug-likeness (QED) is 0.177. The summed E-state index contributed by atoms with van der Waals surface area (Å²) in [6, 6.07) is 54.4. The second-order valence-electron chi connectivity index (χ2n) is 12.4. The van der Waals surface area contributed by atoms with Gasteiger partial charge in [-0.15, -0.1) is 5.10 Å². The van der Waals surface area contributed by atoms with Crippen LogP contribution < -0.4 is 10.6 Å². The van der Waals surface area contributed by atoms with Gasteiger partial charge in [-0.3, -0.25) is 0 Å². The third-order valence-electron chi connectivity index (χ3n) is 9.41. The Labute approximate surface area is 279 Å². The third-order valence-corrected chi connectivity index (χ3v) is 12.0. The van der Waals surface area contributed by atoms with Gasteiger partial charge >= 0.3 is 0 Å². The van der Waals surface area contributed by atoms with Crippen molar-refractivity contribution in [3.63, 3.8) is 0 Å². The van der Waals surface area contributed by atoms with Crippen molar-refractivity contribution in [2.45, 2.75) is 0 Å². The average molecular weight is 636 g/mol. The fourth-order valence-corrected chi connectivity index (χ4v) is 9.24. The fraction of sp³-hybridized carbons (Fsp3) is 0.0233. The van der Waals surface area contributed by atoms with E-state index in [2.05, 4.69) is 134 Å². The molecule has 228 valence electrons. The van der Waals surface area contributed by atoms with Gasteiger partial charge < -0.3 is 4.57 Å². The predicted molar refractivity (Wildman–Crippen MR) is 198 cm³/mol. The summed E-state index contributed by atoms with van der Waals surface area (Å²) >= 11 is 0. The molecule has 8 aromatic rings. The van der Waals surface area contributed by atoms with E-state index in [4.69, 9.17) is 10.1 Å². The number of benzene rings is 6. The van der Waals surface area contributed by atoms with Gasteiger partial charge in [0.15, 0.2) is 11.5 Å². The summed E-state index contributed by atoms with van der Waals surface area (Å²) in [4.78, 5) is 5.03. The van der Waals surface area contributed by atoms with Crippen LogP contribution >= 0.6 is 7.14 Å². The van der Waals surface area contributed by atoms with Crippen LogP contribution in [0, 0.1) is 0 Å². The maximum absolute atomic E-state index is 13.9. The maximum Gasteiger partial charge on any atom is 0.182 e. The Morgan fingerprint density at radius 3 is 1.79 bits per heavy atom. The number of nitrogens with zero attached hydrogens (tertiary/aromatic N) is 3. The number of aromatic nitrogens is 3. The fourth-order valence-electron chi connectivity index (χ4n) is 6.91. The Morgan fingerprint density at radius 2 is 1.02 bits per heavy atom. The topological polar surface area (TPSA) is 47.3 Å². The van der Waals surface area contributed by atoms with E-state index in [-0.39, 0.29) is 0 Å². The minimum absolute atomic E-state index is 0.681. The first-order valence-electron chi connectivity index (χ1n) is 16.1. The van der Waals surface area contributed by atoms with Gasteiger partial charge in [0.25, 0.3) is 0 Å². The second kappa shape index (κ2) is 11.2. The highest BCUT2D eigenvalue weighted by atomic mass is 31.2. The van der Waals surface area contributed by atoms with E-state index in [0.29, 0.717) is 5.82 Å². The molecule has 1 aliphatic rings. The SMILES string of the molecule is CP1(=O)c2ccccc2-c2ccc(-c3cccc(-c4ccc(-c5nc6c(-c7ccccc7)cc(-c7ccccc7)cn6n5)cc4)c3)cc21. The molecule has 2 aromatic heterocycles. The monoisotopic (exact) mass is 635 g/mol. The summed E-state index contributed by atoms with van der Waals surface area (Å²) < 4.78 is 15.8. The van der Waals surface area contributed by atoms with E-state index in [1.165, 1.54) is 0 Å². The van der Waals surface area contributed by atoms with E-state index in [1.807, 2.05) is 41.5 Å². The lowest BCUT2D eigenvalue weighted by Gasteiger charge is -2.11. The zero-order valence-electron chi connectivity index (χ0n) is 26.3. The predicted octanol–water partition coefficient (Wildman–Crippen LogP) is 9.99. The van der Waals surface area contributed by atoms with Crippen molar-refractivity contribution in [3.8, 4) is 67.0 Å². The molecule has 0 spiro atoms. The van der Waals surface area contributed by atoms with E-state index >= 15 is 0 Å². The molecule has 0 saturated carbocycles. The molecular weight excluding hydrogens is 605 g/mol. The highest BCUT2D eigenvalue weighted by molar-refractivity contribution is 7.79. The Balaban J connectivity index is 1.06. The zero-order valence-corrected chi connectivity index (χ0v) is 27.2. The van der Waals surface area contributed by atoms with E-state index in [1.54, 1.807) is 0 Å². The molecule has 0 saturated heterocycles. The highest BCUT2D eigenvalue weighted by Gasteiger charge is 2.34. The van der Waals surface area contributed by atoms with Crippen LogP contribution in [0.4, 0.5) is 0 Å². The highest BCUT2D eigenvalue weighted by Crippen LogP contribution is 2.50. The minimum atomic E-state index is -2.64. The van der Waals surface area contributed by atoms with E-state index in [0.717, 1.165) is 77.5 Å². The van der Waals surface area contributed by atoms with Crippen molar-refractivity contribution in [2.75, 3.05) is 6.66 Å². The van der Waals surface area contributed by atoms with E-state index in [9.17, 15) is 4.57 Å². The van der Waals surface area contributed by atoms with Crippen LogP contribution in [-0.4, -0.2) is 21.3 Å². The Hall–Kier alpha value is -5.83. The minimum Gasteiger partial charge on any atom is -0.314 e. The summed E-state index contributed by atoms with van der Waals surface area (Å²) in [6.07, 6.45) is 2.06. The molecule has 0 radical (unpaired) electrons. The smallest absolute Gasteiger partial charge is 0.182 e. The maximum atomic E-state index is 13.9. The number of fused-ring (bicyclic) bond motifs is 4. The van der Waals surface area contributed by atoms with Crippen LogP contribution in [0.15, 0.2) is 164 Å². The van der Waals surface area contributed by atoms with Crippen molar-refractivity contribution in [2.24, 2.45) is 0 Å². The normalized spacial score (nSPS) is 14.9. The molecule has 4 nitrogen and oxygen atoms in total. The van der Waals surface area contributed by atoms with Crippen molar-refractivity contribution in [3.05, 3.63) is 164 Å². The molecule has 9 rings (SSSR count).